The van der Waals surface area contributed by atoms with E-state index in [1.165, 1.54) is 0 Å². The molecule has 0 saturated carbocycles. The molecular weight excluding hydrogens is 491 g/mol. The lowest BCUT2D eigenvalue weighted by molar-refractivity contribution is 0.0761. The first-order valence-electron chi connectivity index (χ1n) is 9.87. The van der Waals surface area contributed by atoms with Gasteiger partial charge in [0.2, 0.25) is 0 Å². The molecule has 3 aromatic rings. The van der Waals surface area contributed by atoms with Crippen LogP contribution in [0, 0.1) is 10.5 Å². The van der Waals surface area contributed by atoms with Crippen molar-refractivity contribution in [1.82, 2.24) is 4.98 Å². The van der Waals surface area contributed by atoms with E-state index in [9.17, 15) is 4.79 Å². The second kappa shape index (κ2) is 10.5. The van der Waals surface area contributed by atoms with Crippen LogP contribution in [0.25, 0.3) is 0 Å². The number of aromatic nitrogens is 1. The molecule has 30 heavy (non-hydrogen) atoms. The number of hydrogen-bond acceptors (Lipinski definition) is 4. The van der Waals surface area contributed by atoms with E-state index >= 15 is 0 Å². The molecule has 2 aromatic carbocycles. The van der Waals surface area contributed by atoms with Crippen LogP contribution in [0.5, 0.6) is 11.5 Å². The molecule has 0 radical (unpaired) electrons. The Labute approximate surface area is 191 Å². The molecule has 1 unspecified atom stereocenters. The van der Waals surface area contributed by atoms with Crippen LogP contribution in [0.4, 0.5) is 5.69 Å². The first-order valence-corrected chi connectivity index (χ1v) is 11.0. The summed E-state index contributed by atoms with van der Waals surface area (Å²) in [6, 6.07) is 18.8. The maximum absolute atomic E-state index is 12.7. The number of nitrogens with one attached hydrogen (secondary N) is 1. The number of carbonyl (C=O) groups is 1. The summed E-state index contributed by atoms with van der Waals surface area (Å²) in [5.74, 6) is 1.29. The molecule has 3 rings (SSSR count). The fraction of sp³-hybridized carbons (Fsp3) is 0.250. The third-order valence-corrected chi connectivity index (χ3v) is 5.22. The van der Waals surface area contributed by atoms with Gasteiger partial charge in [-0.3, -0.25) is 9.78 Å². The number of hydrogen-bond donors (Lipinski definition) is 1. The molecule has 0 aliphatic heterocycles. The Bertz CT molecular complexity index is 988. The van der Waals surface area contributed by atoms with Gasteiger partial charge in [-0.05, 0) is 104 Å². The molecule has 1 aromatic heterocycles. The number of rotatable bonds is 8. The lowest BCUT2D eigenvalue weighted by Crippen LogP contribution is -2.16. The summed E-state index contributed by atoms with van der Waals surface area (Å²) in [6.07, 6.45) is 0.820. The van der Waals surface area contributed by atoms with E-state index in [-0.39, 0.29) is 12.0 Å². The molecule has 0 aliphatic rings. The van der Waals surface area contributed by atoms with Crippen LogP contribution in [0.1, 0.15) is 35.6 Å². The fourth-order valence-electron chi connectivity index (χ4n) is 3.05. The summed E-state index contributed by atoms with van der Waals surface area (Å²) in [5, 5.41) is 2.92. The number of nitrogens with zero attached hydrogens (tertiary/aromatic N) is 1. The van der Waals surface area contributed by atoms with Crippen LogP contribution in [-0.2, 0) is 11.2 Å². The van der Waals surface area contributed by atoms with Crippen molar-refractivity contribution in [2.24, 2.45) is 0 Å². The topological polar surface area (TPSA) is 60.5 Å². The highest BCUT2D eigenvalue weighted by molar-refractivity contribution is 14.1. The summed E-state index contributed by atoms with van der Waals surface area (Å²) in [4.78, 5) is 17.2. The predicted molar refractivity (Wildman–Crippen MR) is 127 cm³/mol. The third-order valence-electron chi connectivity index (χ3n) is 4.50. The standard InChI is InChI=1S/C24H25IN2O3/c1-4-29-16(2)15-20-9-14-23(17(3)26-20)24(28)27-19-7-12-22(13-8-19)30-21-10-5-18(25)6-11-21/h5-14,16H,4,15H2,1-3H3,(H,27,28). The number of aryl methyl sites for hydroxylation is 1. The van der Waals surface area contributed by atoms with Crippen molar-refractivity contribution in [1.29, 1.82) is 0 Å². The molecule has 0 saturated heterocycles. The SMILES string of the molecule is CCOC(C)Cc1ccc(C(=O)Nc2ccc(Oc3ccc(I)cc3)cc2)c(C)n1. The highest BCUT2D eigenvalue weighted by Gasteiger charge is 2.13. The Morgan fingerprint density at radius 2 is 1.67 bits per heavy atom. The van der Waals surface area contributed by atoms with Gasteiger partial charge in [0.25, 0.3) is 5.91 Å². The smallest absolute Gasteiger partial charge is 0.257 e. The van der Waals surface area contributed by atoms with E-state index in [0.29, 0.717) is 29.3 Å². The number of halogens is 1. The Morgan fingerprint density at radius 3 is 2.27 bits per heavy atom. The maximum atomic E-state index is 12.7. The van der Waals surface area contributed by atoms with E-state index in [1.807, 2.05) is 81.4 Å². The molecule has 6 heteroatoms. The maximum Gasteiger partial charge on any atom is 0.257 e. The molecule has 1 heterocycles. The molecule has 1 N–H and O–H groups in total. The number of amides is 1. The number of ether oxygens (including phenoxy) is 2. The van der Waals surface area contributed by atoms with Crippen molar-refractivity contribution < 1.29 is 14.3 Å². The molecule has 0 aliphatic carbocycles. The minimum atomic E-state index is -0.185. The van der Waals surface area contributed by atoms with E-state index < -0.39 is 0 Å². The van der Waals surface area contributed by atoms with Gasteiger partial charge in [0.05, 0.1) is 17.4 Å². The van der Waals surface area contributed by atoms with Crippen LogP contribution in [0.15, 0.2) is 60.7 Å². The Kier molecular flexibility index (Phi) is 7.81. The summed E-state index contributed by atoms with van der Waals surface area (Å²) in [5.41, 5.74) is 2.87. The van der Waals surface area contributed by atoms with Gasteiger partial charge in [-0.2, -0.15) is 0 Å². The average Bonchev–Trinajstić information content (AvgIpc) is 2.71. The van der Waals surface area contributed by atoms with Crippen molar-refractivity contribution in [2.45, 2.75) is 33.3 Å². The lowest BCUT2D eigenvalue weighted by Gasteiger charge is -2.13. The molecular formula is C24H25IN2O3. The highest BCUT2D eigenvalue weighted by Crippen LogP contribution is 2.24. The zero-order chi connectivity index (χ0) is 21.5. The van der Waals surface area contributed by atoms with Crippen LogP contribution in [-0.4, -0.2) is 23.6 Å². The van der Waals surface area contributed by atoms with Gasteiger partial charge in [0, 0.05) is 28.0 Å². The zero-order valence-corrected chi connectivity index (χ0v) is 19.5. The molecule has 156 valence electrons. The summed E-state index contributed by atoms with van der Waals surface area (Å²) < 4.78 is 12.5. The number of carbonyl (C=O) groups excluding carboxylic acids is 1. The van der Waals surface area contributed by atoms with Crippen LogP contribution in [0.2, 0.25) is 0 Å². The van der Waals surface area contributed by atoms with Gasteiger partial charge in [-0.1, -0.05) is 0 Å². The van der Waals surface area contributed by atoms with Gasteiger partial charge in [0.15, 0.2) is 0 Å². The zero-order valence-electron chi connectivity index (χ0n) is 17.3. The predicted octanol–water partition coefficient (Wildman–Crippen LogP) is 6.01. The molecule has 0 bridgehead atoms. The van der Waals surface area contributed by atoms with Crippen LogP contribution in [0.3, 0.4) is 0 Å². The molecule has 0 spiro atoms. The molecule has 1 atom stereocenters. The monoisotopic (exact) mass is 516 g/mol. The summed E-state index contributed by atoms with van der Waals surface area (Å²) in [7, 11) is 0. The first-order chi connectivity index (χ1) is 14.4. The number of pyridine rings is 1. The molecule has 5 nitrogen and oxygen atoms in total. The van der Waals surface area contributed by atoms with Gasteiger partial charge in [0.1, 0.15) is 11.5 Å². The van der Waals surface area contributed by atoms with Crippen LogP contribution >= 0.6 is 22.6 Å². The van der Waals surface area contributed by atoms with Gasteiger partial charge in [-0.15, -0.1) is 0 Å². The second-order valence-electron chi connectivity index (χ2n) is 6.94. The largest absolute Gasteiger partial charge is 0.457 e. The van der Waals surface area contributed by atoms with E-state index in [0.717, 1.165) is 21.4 Å². The fourth-order valence-corrected chi connectivity index (χ4v) is 3.41. The number of benzene rings is 2. The second-order valence-corrected chi connectivity index (χ2v) is 8.19. The van der Waals surface area contributed by atoms with Crippen molar-refractivity contribution in [3.63, 3.8) is 0 Å². The van der Waals surface area contributed by atoms with Crippen molar-refractivity contribution in [3.05, 3.63) is 81.2 Å². The third kappa shape index (κ3) is 6.27. The highest BCUT2D eigenvalue weighted by atomic mass is 127. The Morgan fingerprint density at radius 1 is 1.03 bits per heavy atom. The molecule has 1 amide bonds. The van der Waals surface area contributed by atoms with Gasteiger partial charge >= 0.3 is 0 Å². The Hall–Kier alpha value is -2.45. The van der Waals surface area contributed by atoms with E-state index in [1.54, 1.807) is 0 Å². The van der Waals surface area contributed by atoms with E-state index in [2.05, 4.69) is 32.9 Å². The summed E-state index contributed by atoms with van der Waals surface area (Å²) >= 11 is 2.25. The first kappa shape index (κ1) is 22.2. The van der Waals surface area contributed by atoms with E-state index in [4.69, 9.17) is 9.47 Å². The number of anilines is 1. The van der Waals surface area contributed by atoms with Crippen molar-refractivity contribution >= 4 is 34.2 Å². The lowest BCUT2D eigenvalue weighted by atomic mass is 10.1. The van der Waals surface area contributed by atoms with Gasteiger partial charge in [-0.25, -0.2) is 0 Å². The summed E-state index contributed by atoms with van der Waals surface area (Å²) in [6.45, 7) is 6.52. The molecule has 0 fully saturated rings. The normalized spacial score (nSPS) is 11.7. The minimum Gasteiger partial charge on any atom is -0.457 e. The quantitative estimate of drug-likeness (QED) is 0.373. The van der Waals surface area contributed by atoms with Crippen molar-refractivity contribution in [2.75, 3.05) is 11.9 Å². The van der Waals surface area contributed by atoms with Gasteiger partial charge < -0.3 is 14.8 Å². The van der Waals surface area contributed by atoms with Crippen molar-refractivity contribution in [3.8, 4) is 11.5 Å². The minimum absolute atomic E-state index is 0.0989. The van der Waals surface area contributed by atoms with Crippen LogP contribution < -0.4 is 10.1 Å². The Balaban J connectivity index is 1.62. The average molecular weight is 516 g/mol.